The Morgan fingerprint density at radius 3 is 1.71 bits per heavy atom. The van der Waals surface area contributed by atoms with E-state index in [-0.39, 0.29) is 5.82 Å². The third-order valence-corrected chi connectivity index (χ3v) is 4.96. The first-order valence-electron chi connectivity index (χ1n) is 10.4. The number of ether oxygens (including phenoxy) is 2. The molecule has 1 saturated heterocycles. The second-order valence-electron chi connectivity index (χ2n) is 10.8. The van der Waals surface area contributed by atoms with E-state index in [9.17, 15) is 9.59 Å². The summed E-state index contributed by atoms with van der Waals surface area (Å²) in [5.74, 6) is 0.128. The van der Waals surface area contributed by atoms with Crippen LogP contribution < -0.4 is 10.4 Å². The quantitative estimate of drug-likeness (QED) is 0.639. The van der Waals surface area contributed by atoms with E-state index < -0.39 is 41.7 Å². The topological polar surface area (TPSA) is 87.2 Å². The lowest BCUT2D eigenvalue weighted by Gasteiger charge is -2.32. The average molecular weight is 434 g/mol. The van der Waals surface area contributed by atoms with Crippen LogP contribution in [0, 0.1) is 6.92 Å². The van der Waals surface area contributed by atoms with Gasteiger partial charge in [-0.25, -0.2) is 14.6 Å². The SMILES string of the molecule is Cc1cc(B2OC(C)(C)C(C)(C)O2)cnc1N(C(=O)OC(C)(C)C)C(=O)OC(C)(C)C. The summed E-state index contributed by atoms with van der Waals surface area (Å²) in [6, 6.07) is 1.78. The molecule has 2 amide bonds. The molecule has 1 aromatic heterocycles. The number of aromatic nitrogens is 1. The van der Waals surface area contributed by atoms with Crippen LogP contribution in [0.2, 0.25) is 0 Å². The van der Waals surface area contributed by atoms with E-state index in [1.807, 2.05) is 27.7 Å². The first-order chi connectivity index (χ1) is 13.8. The molecule has 0 unspecified atom stereocenters. The molecule has 2 rings (SSSR count). The lowest BCUT2D eigenvalue weighted by atomic mass is 9.79. The van der Waals surface area contributed by atoms with Crippen LogP contribution in [-0.2, 0) is 18.8 Å². The number of carbonyl (C=O) groups is 2. The lowest BCUT2D eigenvalue weighted by Crippen LogP contribution is -2.45. The fourth-order valence-corrected chi connectivity index (χ4v) is 2.79. The van der Waals surface area contributed by atoms with Gasteiger partial charge in [0.2, 0.25) is 0 Å². The van der Waals surface area contributed by atoms with Crippen molar-refractivity contribution in [3.8, 4) is 0 Å². The number of carbonyl (C=O) groups excluding carboxylic acids is 2. The number of rotatable bonds is 2. The summed E-state index contributed by atoms with van der Waals surface area (Å²) in [7, 11) is -0.609. The van der Waals surface area contributed by atoms with Crippen molar-refractivity contribution in [1.82, 2.24) is 4.98 Å². The Morgan fingerprint density at radius 2 is 1.35 bits per heavy atom. The molecule has 2 heterocycles. The number of pyridine rings is 1. The highest BCUT2D eigenvalue weighted by Gasteiger charge is 2.52. The predicted octanol–water partition coefficient (Wildman–Crippen LogP) is 4.37. The molecule has 0 radical (unpaired) electrons. The van der Waals surface area contributed by atoms with Gasteiger partial charge in [0, 0.05) is 11.7 Å². The van der Waals surface area contributed by atoms with E-state index in [0.717, 1.165) is 4.90 Å². The number of hydrogen-bond acceptors (Lipinski definition) is 7. The number of amides is 2. The summed E-state index contributed by atoms with van der Waals surface area (Å²) >= 11 is 0. The van der Waals surface area contributed by atoms with Crippen molar-refractivity contribution in [1.29, 1.82) is 0 Å². The Balaban J connectivity index is 2.41. The van der Waals surface area contributed by atoms with E-state index >= 15 is 0 Å². The molecule has 172 valence electrons. The second kappa shape index (κ2) is 8.09. The fourth-order valence-electron chi connectivity index (χ4n) is 2.79. The summed E-state index contributed by atoms with van der Waals surface area (Å²) < 4.78 is 23.0. The van der Waals surface area contributed by atoms with Gasteiger partial charge in [-0.3, -0.25) is 0 Å². The van der Waals surface area contributed by atoms with E-state index in [2.05, 4.69) is 4.98 Å². The van der Waals surface area contributed by atoms with Crippen LogP contribution in [0.5, 0.6) is 0 Å². The molecule has 1 aliphatic rings. The summed E-state index contributed by atoms with van der Waals surface area (Å²) in [5, 5.41) is 0. The molecule has 0 bridgehead atoms. The molecule has 1 aliphatic heterocycles. The van der Waals surface area contributed by atoms with E-state index in [0.29, 0.717) is 11.0 Å². The zero-order valence-electron chi connectivity index (χ0n) is 20.6. The van der Waals surface area contributed by atoms with Crippen molar-refractivity contribution < 1.29 is 28.4 Å². The van der Waals surface area contributed by atoms with Crippen LogP contribution in [0.1, 0.15) is 74.8 Å². The molecular formula is C22H35BN2O6. The largest absolute Gasteiger partial charge is 0.496 e. The van der Waals surface area contributed by atoms with Crippen molar-refractivity contribution in [3.63, 3.8) is 0 Å². The van der Waals surface area contributed by atoms with Gasteiger partial charge in [0.25, 0.3) is 0 Å². The Morgan fingerprint density at radius 1 is 0.935 bits per heavy atom. The van der Waals surface area contributed by atoms with Gasteiger partial charge < -0.3 is 18.8 Å². The van der Waals surface area contributed by atoms with Crippen molar-refractivity contribution in [2.75, 3.05) is 4.90 Å². The fraction of sp³-hybridized carbons (Fsp3) is 0.682. The molecule has 0 aromatic carbocycles. The molecule has 0 spiro atoms. The van der Waals surface area contributed by atoms with Crippen molar-refractivity contribution in [3.05, 3.63) is 17.8 Å². The molecule has 0 saturated carbocycles. The molecule has 1 aromatic rings. The second-order valence-corrected chi connectivity index (χ2v) is 10.8. The smallest absolute Gasteiger partial charge is 0.443 e. The minimum atomic E-state index is -0.860. The van der Waals surface area contributed by atoms with Crippen LogP contribution >= 0.6 is 0 Å². The monoisotopic (exact) mass is 434 g/mol. The number of anilines is 1. The number of nitrogens with zero attached hydrogens (tertiary/aromatic N) is 2. The molecule has 0 N–H and O–H groups in total. The van der Waals surface area contributed by atoms with Gasteiger partial charge in [-0.1, -0.05) is 6.07 Å². The van der Waals surface area contributed by atoms with Gasteiger partial charge >= 0.3 is 19.3 Å². The molecule has 31 heavy (non-hydrogen) atoms. The van der Waals surface area contributed by atoms with E-state index in [1.165, 1.54) is 6.20 Å². The summed E-state index contributed by atoms with van der Waals surface area (Å²) in [4.78, 5) is 30.9. The predicted molar refractivity (Wildman–Crippen MR) is 120 cm³/mol. The van der Waals surface area contributed by atoms with Gasteiger partial charge in [-0.15, -0.1) is 0 Å². The van der Waals surface area contributed by atoms with E-state index in [1.54, 1.807) is 54.5 Å². The Kier molecular flexibility index (Phi) is 6.56. The van der Waals surface area contributed by atoms with E-state index in [4.69, 9.17) is 18.8 Å². The summed E-state index contributed by atoms with van der Waals surface area (Å²) in [6.07, 6.45) is -0.187. The van der Waals surface area contributed by atoms with Crippen LogP contribution in [0.15, 0.2) is 12.3 Å². The van der Waals surface area contributed by atoms with Crippen LogP contribution in [0.25, 0.3) is 0 Å². The zero-order chi connectivity index (χ0) is 24.0. The highest BCUT2D eigenvalue weighted by atomic mass is 16.7. The van der Waals surface area contributed by atoms with Crippen LogP contribution in [0.4, 0.5) is 15.4 Å². The lowest BCUT2D eigenvalue weighted by molar-refractivity contribution is 0.00578. The normalized spacial score (nSPS) is 18.0. The number of imide groups is 1. The third-order valence-electron chi connectivity index (χ3n) is 4.96. The van der Waals surface area contributed by atoms with Gasteiger partial charge in [-0.05, 0) is 81.7 Å². The van der Waals surface area contributed by atoms with Crippen LogP contribution in [0.3, 0.4) is 0 Å². The Hall–Kier alpha value is -2.13. The highest BCUT2D eigenvalue weighted by molar-refractivity contribution is 6.62. The molecule has 0 aliphatic carbocycles. The standard InChI is InChI=1S/C22H35BN2O6/c1-14-12-15(23-30-21(8,9)22(10,11)31-23)13-24-16(14)25(17(26)28-19(2,3)4)18(27)29-20(5,6)7/h12-13H,1-11H3. The molecule has 0 atom stereocenters. The molecule has 8 nitrogen and oxygen atoms in total. The molecular weight excluding hydrogens is 399 g/mol. The number of aryl methyl sites for hydroxylation is 1. The Bertz CT molecular complexity index is 811. The van der Waals surface area contributed by atoms with Gasteiger partial charge in [0.1, 0.15) is 11.2 Å². The minimum absolute atomic E-state index is 0.128. The first kappa shape index (κ1) is 25.1. The van der Waals surface area contributed by atoms with Crippen LogP contribution in [-0.4, -0.2) is 46.7 Å². The molecule has 1 fully saturated rings. The van der Waals surface area contributed by atoms with Gasteiger partial charge in [0.15, 0.2) is 5.82 Å². The average Bonchev–Trinajstić information content (AvgIpc) is 2.73. The molecule has 9 heteroatoms. The maximum atomic E-state index is 12.9. The van der Waals surface area contributed by atoms with Crippen molar-refractivity contribution >= 4 is 30.6 Å². The zero-order valence-corrected chi connectivity index (χ0v) is 20.6. The summed E-state index contributed by atoms with van der Waals surface area (Å²) in [5.41, 5.74) is -1.33. The maximum absolute atomic E-state index is 12.9. The third kappa shape index (κ3) is 5.98. The van der Waals surface area contributed by atoms with Crippen molar-refractivity contribution in [2.45, 2.75) is 98.6 Å². The Labute approximate surface area is 185 Å². The first-order valence-corrected chi connectivity index (χ1v) is 10.4. The van der Waals surface area contributed by atoms with Crippen molar-refractivity contribution in [2.24, 2.45) is 0 Å². The highest BCUT2D eigenvalue weighted by Crippen LogP contribution is 2.36. The van der Waals surface area contributed by atoms with Gasteiger partial charge in [-0.2, -0.15) is 4.90 Å². The minimum Gasteiger partial charge on any atom is -0.443 e. The van der Waals surface area contributed by atoms with Gasteiger partial charge in [0.05, 0.1) is 11.2 Å². The maximum Gasteiger partial charge on any atom is 0.496 e. The number of hydrogen-bond donors (Lipinski definition) is 0. The summed E-state index contributed by atoms with van der Waals surface area (Å²) in [6.45, 7) is 19.9.